The van der Waals surface area contributed by atoms with E-state index in [1.807, 2.05) is 18.2 Å². The number of carbonyl (C=O) groups is 1. The maximum Gasteiger partial charge on any atom is 0.253 e. The normalized spacial score (nSPS) is 15.6. The summed E-state index contributed by atoms with van der Waals surface area (Å²) < 4.78 is 2.31. The molecule has 0 bridgehead atoms. The Morgan fingerprint density at radius 3 is 2.38 bits per heavy atom. The minimum Gasteiger partial charge on any atom is -0.378 e. The number of aliphatic hydroxyl groups excluding tert-OH is 1. The molecule has 0 aliphatic heterocycles. The Balaban J connectivity index is 1.29. The van der Waals surface area contributed by atoms with Crippen LogP contribution in [0.15, 0.2) is 84.9 Å². The van der Waals surface area contributed by atoms with Crippen molar-refractivity contribution in [2.45, 2.75) is 58.2 Å². The maximum atomic E-state index is 13.1. The van der Waals surface area contributed by atoms with Gasteiger partial charge in [0.05, 0.1) is 11.6 Å². The number of nitrogens with zero attached hydrogens (tertiary/aromatic N) is 2. The van der Waals surface area contributed by atoms with Crippen LogP contribution in [-0.2, 0) is 11.3 Å². The number of hydrogen-bond acceptors (Lipinski definition) is 3. The molecule has 2 heterocycles. The van der Waals surface area contributed by atoms with Crippen molar-refractivity contribution in [1.29, 1.82) is 0 Å². The number of pyridine rings is 1. The monoisotopic (exact) mass is 517 g/mol. The number of hydrogen-bond donors (Lipinski definition) is 2. The number of aryl methyl sites for hydroxylation is 2. The van der Waals surface area contributed by atoms with Crippen LogP contribution in [0.2, 0.25) is 0 Å². The smallest absolute Gasteiger partial charge is 0.253 e. The number of rotatable bonds is 7. The second-order valence-corrected chi connectivity index (χ2v) is 11.0. The van der Waals surface area contributed by atoms with E-state index in [9.17, 15) is 9.90 Å². The first kappa shape index (κ1) is 25.3. The van der Waals surface area contributed by atoms with Crippen molar-refractivity contribution in [2.75, 3.05) is 0 Å². The van der Waals surface area contributed by atoms with Gasteiger partial charge in [-0.15, -0.1) is 0 Å². The Kier molecular flexibility index (Phi) is 6.92. The van der Waals surface area contributed by atoms with Gasteiger partial charge in [-0.05, 0) is 67.0 Å². The second-order valence-electron chi connectivity index (χ2n) is 11.0. The minimum atomic E-state index is -1.18. The van der Waals surface area contributed by atoms with Crippen LogP contribution in [0.4, 0.5) is 0 Å². The number of aliphatic hydroxyl groups is 1. The van der Waals surface area contributed by atoms with Gasteiger partial charge in [0.1, 0.15) is 5.65 Å². The molecule has 0 saturated heterocycles. The van der Waals surface area contributed by atoms with Gasteiger partial charge >= 0.3 is 0 Å². The first-order valence-corrected chi connectivity index (χ1v) is 14.0. The summed E-state index contributed by atoms with van der Waals surface area (Å²) in [6, 6.07) is 28.3. The number of amides is 1. The van der Waals surface area contributed by atoms with Crippen LogP contribution < -0.4 is 5.32 Å². The third-order valence-corrected chi connectivity index (χ3v) is 8.26. The van der Waals surface area contributed by atoms with Gasteiger partial charge in [0.15, 0.2) is 6.10 Å². The topological polar surface area (TPSA) is 67.2 Å². The van der Waals surface area contributed by atoms with Crippen LogP contribution in [-0.4, -0.2) is 20.6 Å². The molecule has 5 aromatic rings. The molecular formula is C34H35N3O2. The predicted octanol–water partition coefficient (Wildman–Crippen LogP) is 6.94. The molecule has 1 fully saturated rings. The highest BCUT2D eigenvalue weighted by molar-refractivity contribution is 6.08. The molecule has 1 saturated carbocycles. The summed E-state index contributed by atoms with van der Waals surface area (Å²) in [5, 5.41) is 16.4. The number of benzene rings is 3. The zero-order valence-electron chi connectivity index (χ0n) is 22.6. The van der Waals surface area contributed by atoms with E-state index in [0.717, 1.165) is 29.7 Å². The molecule has 0 spiro atoms. The Morgan fingerprint density at radius 1 is 0.949 bits per heavy atom. The zero-order valence-corrected chi connectivity index (χ0v) is 22.6. The van der Waals surface area contributed by atoms with Gasteiger partial charge in [-0.25, -0.2) is 4.98 Å². The summed E-state index contributed by atoms with van der Waals surface area (Å²) in [4.78, 5) is 18.0. The summed E-state index contributed by atoms with van der Waals surface area (Å²) >= 11 is 0. The van der Waals surface area contributed by atoms with E-state index in [2.05, 4.69) is 78.3 Å². The van der Waals surface area contributed by atoms with E-state index in [-0.39, 0.29) is 11.9 Å². The fraction of sp³-hybridized carbons (Fsp3) is 0.294. The average Bonchev–Trinajstić information content (AvgIpc) is 3.59. The first-order chi connectivity index (χ1) is 19.0. The molecule has 1 amide bonds. The molecule has 2 aromatic heterocycles. The number of nitrogens with one attached hydrogen (secondary N) is 1. The number of carbonyl (C=O) groups excluding carboxylic acids is 1. The van der Waals surface area contributed by atoms with Gasteiger partial charge in [-0.3, -0.25) is 4.79 Å². The van der Waals surface area contributed by atoms with E-state index < -0.39 is 6.10 Å². The molecule has 3 aromatic carbocycles. The molecule has 6 rings (SSSR count). The summed E-state index contributed by atoms with van der Waals surface area (Å²) in [5.41, 5.74) is 7.35. The second kappa shape index (κ2) is 10.7. The van der Waals surface area contributed by atoms with Crippen molar-refractivity contribution in [1.82, 2.24) is 14.9 Å². The Bertz CT molecular complexity index is 1620. The summed E-state index contributed by atoms with van der Waals surface area (Å²) in [6.07, 6.45) is 3.34. The Hall–Kier alpha value is -3.96. The molecule has 1 aliphatic rings. The highest BCUT2D eigenvalue weighted by atomic mass is 16.3. The van der Waals surface area contributed by atoms with E-state index in [1.54, 1.807) is 12.1 Å². The van der Waals surface area contributed by atoms with E-state index in [0.29, 0.717) is 18.0 Å². The molecule has 2 N–H and O–H groups in total. The molecule has 198 valence electrons. The number of para-hydroxylation sites is 1. The molecule has 2 atom stereocenters. The molecular weight excluding hydrogens is 482 g/mol. The standard InChI is InChI=1S/C34H35N3O2/c1-22-20-23(2)35-33-30(22)28-14-8-9-15-29(28)37(33)21-24-16-18-26(19-17-24)31(25-10-6-7-11-25)36-34(39)32(38)27-12-4-3-5-13-27/h3-5,8-9,12-20,25,31-32,38H,6-7,10-11,21H2,1-2H3,(H,36,39). The number of fused-ring (bicyclic) bond motifs is 3. The van der Waals surface area contributed by atoms with Crippen molar-refractivity contribution < 1.29 is 9.90 Å². The lowest BCUT2D eigenvalue weighted by Crippen LogP contribution is -2.36. The minimum absolute atomic E-state index is 0.118. The lowest BCUT2D eigenvalue weighted by atomic mass is 9.90. The van der Waals surface area contributed by atoms with Gasteiger partial charge < -0.3 is 15.0 Å². The lowest BCUT2D eigenvalue weighted by Gasteiger charge is -2.27. The Labute approximate surface area is 229 Å². The highest BCUT2D eigenvalue weighted by Gasteiger charge is 2.30. The number of aromatic nitrogens is 2. The molecule has 1 aliphatic carbocycles. The van der Waals surface area contributed by atoms with Crippen LogP contribution in [0, 0.1) is 19.8 Å². The van der Waals surface area contributed by atoms with Crippen LogP contribution in [0.3, 0.4) is 0 Å². The fourth-order valence-corrected chi connectivity index (χ4v) is 6.34. The third-order valence-electron chi connectivity index (χ3n) is 8.26. The average molecular weight is 518 g/mol. The van der Waals surface area contributed by atoms with Crippen LogP contribution in [0.25, 0.3) is 21.9 Å². The molecule has 5 heteroatoms. The van der Waals surface area contributed by atoms with E-state index >= 15 is 0 Å². The fourth-order valence-electron chi connectivity index (χ4n) is 6.34. The summed E-state index contributed by atoms with van der Waals surface area (Å²) in [6.45, 7) is 4.93. The first-order valence-electron chi connectivity index (χ1n) is 14.0. The van der Waals surface area contributed by atoms with Crippen molar-refractivity contribution >= 4 is 27.8 Å². The van der Waals surface area contributed by atoms with Gasteiger partial charge in [0.2, 0.25) is 0 Å². The largest absolute Gasteiger partial charge is 0.378 e. The van der Waals surface area contributed by atoms with Crippen LogP contribution in [0.1, 0.15) is 65.8 Å². The lowest BCUT2D eigenvalue weighted by molar-refractivity contribution is -0.130. The van der Waals surface area contributed by atoms with Crippen LogP contribution in [0.5, 0.6) is 0 Å². The van der Waals surface area contributed by atoms with Crippen molar-refractivity contribution in [3.8, 4) is 0 Å². The maximum absolute atomic E-state index is 13.1. The zero-order chi connectivity index (χ0) is 26.9. The highest BCUT2D eigenvalue weighted by Crippen LogP contribution is 2.37. The summed E-state index contributed by atoms with van der Waals surface area (Å²) in [5.74, 6) is 0.0273. The van der Waals surface area contributed by atoms with Gasteiger partial charge in [0.25, 0.3) is 5.91 Å². The quantitative estimate of drug-likeness (QED) is 0.246. The summed E-state index contributed by atoms with van der Waals surface area (Å²) in [7, 11) is 0. The SMILES string of the molecule is Cc1cc(C)c2c3ccccc3n(Cc3ccc(C(NC(=O)C(O)c4ccccc4)C4CCCC4)cc3)c2n1. The van der Waals surface area contributed by atoms with Gasteiger partial charge in [-0.2, -0.15) is 0 Å². The van der Waals surface area contributed by atoms with E-state index in [4.69, 9.17) is 4.98 Å². The third kappa shape index (κ3) is 4.95. The molecule has 0 radical (unpaired) electrons. The molecule has 2 unspecified atom stereocenters. The van der Waals surface area contributed by atoms with Crippen molar-refractivity contribution in [3.63, 3.8) is 0 Å². The molecule has 39 heavy (non-hydrogen) atoms. The van der Waals surface area contributed by atoms with Gasteiger partial charge in [-0.1, -0.05) is 85.6 Å². The van der Waals surface area contributed by atoms with Gasteiger partial charge in [0, 0.05) is 23.0 Å². The molecule has 5 nitrogen and oxygen atoms in total. The Morgan fingerprint density at radius 2 is 1.64 bits per heavy atom. The van der Waals surface area contributed by atoms with Crippen LogP contribution >= 0.6 is 0 Å². The van der Waals surface area contributed by atoms with E-state index in [1.165, 1.54) is 40.3 Å². The van der Waals surface area contributed by atoms with Crippen molar-refractivity contribution in [3.05, 3.63) is 113 Å². The van der Waals surface area contributed by atoms with Crippen molar-refractivity contribution in [2.24, 2.45) is 5.92 Å². The predicted molar refractivity (Wildman–Crippen MR) is 157 cm³/mol.